The number of aromatic nitrogens is 1. The number of rotatable bonds is 5. The SMILES string of the molecule is CC(C)CCCOc1ccc2c(c1)OC(C)c1cnc(N)cc1-2. The average molecular weight is 312 g/mol. The van der Waals surface area contributed by atoms with Crippen LogP contribution in [0.15, 0.2) is 30.5 Å². The Kier molecular flexibility index (Phi) is 4.42. The molecule has 0 amide bonds. The molecule has 0 bridgehead atoms. The number of fused-ring (bicyclic) bond motifs is 3. The van der Waals surface area contributed by atoms with Gasteiger partial charge in [0, 0.05) is 23.4 Å². The lowest BCUT2D eigenvalue weighted by molar-refractivity contribution is 0.220. The molecule has 1 aromatic carbocycles. The van der Waals surface area contributed by atoms with Gasteiger partial charge in [0.1, 0.15) is 23.4 Å². The zero-order valence-corrected chi connectivity index (χ0v) is 14.0. The third-order valence-electron chi connectivity index (χ3n) is 4.14. The van der Waals surface area contributed by atoms with E-state index in [9.17, 15) is 0 Å². The fraction of sp³-hybridized carbons (Fsp3) is 0.421. The lowest BCUT2D eigenvalue weighted by atomic mass is 9.95. The van der Waals surface area contributed by atoms with Crippen molar-refractivity contribution >= 4 is 5.82 Å². The number of nitrogens with zero attached hydrogens (tertiary/aromatic N) is 1. The lowest BCUT2D eigenvalue weighted by Gasteiger charge is -2.26. The van der Waals surface area contributed by atoms with Crippen LogP contribution in [0.25, 0.3) is 11.1 Å². The predicted molar refractivity (Wildman–Crippen MR) is 92.7 cm³/mol. The van der Waals surface area contributed by atoms with Crippen LogP contribution in [0.2, 0.25) is 0 Å². The maximum Gasteiger partial charge on any atom is 0.131 e. The number of pyridine rings is 1. The first kappa shape index (κ1) is 15.7. The van der Waals surface area contributed by atoms with E-state index in [2.05, 4.69) is 18.8 Å². The minimum Gasteiger partial charge on any atom is -0.493 e. The van der Waals surface area contributed by atoms with Gasteiger partial charge in [-0.25, -0.2) is 4.98 Å². The quantitative estimate of drug-likeness (QED) is 0.820. The minimum absolute atomic E-state index is 0.0400. The molecule has 1 aromatic heterocycles. The zero-order chi connectivity index (χ0) is 16.4. The highest BCUT2D eigenvalue weighted by atomic mass is 16.5. The highest BCUT2D eigenvalue weighted by Gasteiger charge is 2.24. The largest absolute Gasteiger partial charge is 0.493 e. The molecule has 0 spiro atoms. The van der Waals surface area contributed by atoms with Gasteiger partial charge < -0.3 is 15.2 Å². The second-order valence-electron chi connectivity index (χ2n) is 6.50. The Morgan fingerprint density at radius 3 is 2.87 bits per heavy atom. The van der Waals surface area contributed by atoms with Crippen LogP contribution < -0.4 is 15.2 Å². The molecule has 4 nitrogen and oxygen atoms in total. The Labute approximate surface area is 137 Å². The van der Waals surface area contributed by atoms with Gasteiger partial charge in [-0.1, -0.05) is 13.8 Å². The van der Waals surface area contributed by atoms with Crippen LogP contribution in [0, 0.1) is 5.92 Å². The number of hydrogen-bond donors (Lipinski definition) is 1. The second kappa shape index (κ2) is 6.49. The standard InChI is InChI=1S/C19H24N2O2/c1-12(2)5-4-8-22-14-6-7-15-16-10-19(20)21-11-17(16)13(3)23-18(15)9-14/h6-7,9-13H,4-5,8H2,1-3H3,(H2,20,21). The Bertz CT molecular complexity index is 698. The summed E-state index contributed by atoms with van der Waals surface area (Å²) in [6.07, 6.45) is 4.01. The van der Waals surface area contributed by atoms with Crippen molar-refractivity contribution in [3.05, 3.63) is 36.0 Å². The first-order chi connectivity index (χ1) is 11.0. The van der Waals surface area contributed by atoms with Gasteiger partial charge in [-0.15, -0.1) is 0 Å². The number of benzene rings is 1. The highest BCUT2D eigenvalue weighted by Crippen LogP contribution is 2.43. The predicted octanol–water partition coefficient (Wildman–Crippen LogP) is 4.60. The van der Waals surface area contributed by atoms with E-state index < -0.39 is 0 Å². The summed E-state index contributed by atoms with van der Waals surface area (Å²) in [6, 6.07) is 7.92. The van der Waals surface area contributed by atoms with Crippen molar-refractivity contribution in [2.45, 2.75) is 39.7 Å². The van der Waals surface area contributed by atoms with Crippen molar-refractivity contribution in [3.8, 4) is 22.6 Å². The number of ether oxygens (including phenoxy) is 2. The molecule has 1 aliphatic rings. The number of anilines is 1. The van der Waals surface area contributed by atoms with Crippen LogP contribution >= 0.6 is 0 Å². The van der Waals surface area contributed by atoms with E-state index in [-0.39, 0.29) is 6.10 Å². The molecule has 1 aliphatic heterocycles. The number of hydrogen-bond acceptors (Lipinski definition) is 4. The number of nitrogen functional groups attached to an aromatic ring is 1. The first-order valence-corrected chi connectivity index (χ1v) is 8.24. The molecular formula is C19H24N2O2. The molecule has 4 heteroatoms. The topological polar surface area (TPSA) is 57.4 Å². The molecule has 2 heterocycles. The third kappa shape index (κ3) is 3.41. The maximum atomic E-state index is 6.02. The van der Waals surface area contributed by atoms with Gasteiger partial charge in [-0.05, 0) is 49.4 Å². The zero-order valence-electron chi connectivity index (χ0n) is 14.0. The van der Waals surface area contributed by atoms with Crippen LogP contribution in [-0.4, -0.2) is 11.6 Å². The van der Waals surface area contributed by atoms with Crippen LogP contribution in [0.5, 0.6) is 11.5 Å². The molecule has 23 heavy (non-hydrogen) atoms. The van der Waals surface area contributed by atoms with E-state index in [0.29, 0.717) is 11.7 Å². The Balaban J connectivity index is 1.80. The molecule has 0 radical (unpaired) electrons. The average Bonchev–Trinajstić information content (AvgIpc) is 2.51. The molecule has 1 unspecified atom stereocenters. The summed E-state index contributed by atoms with van der Waals surface area (Å²) in [5, 5.41) is 0. The van der Waals surface area contributed by atoms with E-state index in [0.717, 1.165) is 41.2 Å². The van der Waals surface area contributed by atoms with Gasteiger partial charge in [-0.2, -0.15) is 0 Å². The smallest absolute Gasteiger partial charge is 0.131 e. The summed E-state index contributed by atoms with van der Waals surface area (Å²) in [5.41, 5.74) is 9.05. The normalized spacial score (nSPS) is 15.7. The molecule has 0 fully saturated rings. The third-order valence-corrected chi connectivity index (χ3v) is 4.14. The van der Waals surface area contributed by atoms with E-state index in [1.165, 1.54) is 6.42 Å². The highest BCUT2D eigenvalue weighted by molar-refractivity contribution is 5.77. The molecule has 3 rings (SSSR count). The Morgan fingerprint density at radius 2 is 2.09 bits per heavy atom. The van der Waals surface area contributed by atoms with Crippen molar-refractivity contribution in [2.24, 2.45) is 5.92 Å². The van der Waals surface area contributed by atoms with Crippen LogP contribution in [0.3, 0.4) is 0 Å². The summed E-state index contributed by atoms with van der Waals surface area (Å²) in [5.74, 6) is 2.93. The maximum absolute atomic E-state index is 6.02. The summed E-state index contributed by atoms with van der Waals surface area (Å²) >= 11 is 0. The van der Waals surface area contributed by atoms with Gasteiger partial charge in [0.15, 0.2) is 0 Å². The van der Waals surface area contributed by atoms with Gasteiger partial charge >= 0.3 is 0 Å². The monoisotopic (exact) mass is 312 g/mol. The van der Waals surface area contributed by atoms with Gasteiger partial charge in [-0.3, -0.25) is 0 Å². The summed E-state index contributed by atoms with van der Waals surface area (Å²) in [6.45, 7) is 7.22. The second-order valence-corrected chi connectivity index (χ2v) is 6.50. The first-order valence-electron chi connectivity index (χ1n) is 8.24. The fourth-order valence-corrected chi connectivity index (χ4v) is 2.89. The van der Waals surface area contributed by atoms with Gasteiger partial charge in [0.05, 0.1) is 6.61 Å². The van der Waals surface area contributed by atoms with Crippen LogP contribution in [0.1, 0.15) is 45.3 Å². The molecule has 0 saturated heterocycles. The Hall–Kier alpha value is -2.23. The van der Waals surface area contributed by atoms with Crippen molar-refractivity contribution in [3.63, 3.8) is 0 Å². The molecular weight excluding hydrogens is 288 g/mol. The van der Waals surface area contributed by atoms with E-state index in [1.54, 1.807) is 6.20 Å². The molecule has 1 atom stereocenters. The summed E-state index contributed by atoms with van der Waals surface area (Å²) in [7, 11) is 0. The lowest BCUT2D eigenvalue weighted by Crippen LogP contribution is -2.12. The van der Waals surface area contributed by atoms with E-state index >= 15 is 0 Å². The van der Waals surface area contributed by atoms with Gasteiger partial charge in [0.25, 0.3) is 0 Å². The van der Waals surface area contributed by atoms with E-state index in [1.807, 2.05) is 31.2 Å². The van der Waals surface area contributed by atoms with Crippen LogP contribution in [-0.2, 0) is 0 Å². The summed E-state index contributed by atoms with van der Waals surface area (Å²) < 4.78 is 11.9. The molecule has 2 aromatic rings. The molecule has 122 valence electrons. The number of nitrogens with two attached hydrogens (primary N) is 1. The van der Waals surface area contributed by atoms with Crippen LogP contribution in [0.4, 0.5) is 5.82 Å². The molecule has 0 aliphatic carbocycles. The van der Waals surface area contributed by atoms with Crippen molar-refractivity contribution in [1.82, 2.24) is 4.98 Å². The Morgan fingerprint density at radius 1 is 1.26 bits per heavy atom. The molecule has 0 saturated carbocycles. The molecule has 2 N–H and O–H groups in total. The fourth-order valence-electron chi connectivity index (χ4n) is 2.89. The summed E-state index contributed by atoms with van der Waals surface area (Å²) in [4.78, 5) is 4.17. The van der Waals surface area contributed by atoms with Gasteiger partial charge in [0.2, 0.25) is 0 Å². The minimum atomic E-state index is -0.0400. The van der Waals surface area contributed by atoms with E-state index in [4.69, 9.17) is 15.2 Å². The van der Waals surface area contributed by atoms with Crippen molar-refractivity contribution in [1.29, 1.82) is 0 Å². The van der Waals surface area contributed by atoms with Crippen molar-refractivity contribution in [2.75, 3.05) is 12.3 Å². The van der Waals surface area contributed by atoms with Crippen molar-refractivity contribution < 1.29 is 9.47 Å².